The van der Waals surface area contributed by atoms with E-state index in [1.165, 1.54) is 18.2 Å². The smallest absolute Gasteiger partial charge is 0.262 e. The molecule has 0 aliphatic carbocycles. The monoisotopic (exact) mass is 401 g/mol. The van der Waals surface area contributed by atoms with E-state index in [2.05, 4.69) is 5.32 Å². The second kappa shape index (κ2) is 8.91. The summed E-state index contributed by atoms with van der Waals surface area (Å²) in [4.78, 5) is 25.1. The van der Waals surface area contributed by atoms with E-state index in [1.807, 2.05) is 18.7 Å². The van der Waals surface area contributed by atoms with Crippen LogP contribution in [0.3, 0.4) is 0 Å². The summed E-state index contributed by atoms with van der Waals surface area (Å²) < 4.78 is 25.6. The molecule has 0 spiro atoms. The standard InChI is InChI=1S/C21H24FN3O4/c1-13-10-25(11-14(2)29-13)19-8-5-16(9-18(19)22)24-20(26)12-28-17-6-3-15(4-7-17)21(23)27/h3-9,13-14H,10-12H2,1-2H3,(H2,23,27)(H,24,26). The molecule has 2 aromatic carbocycles. The summed E-state index contributed by atoms with van der Waals surface area (Å²) in [5, 5.41) is 2.61. The molecule has 3 N–H and O–H groups in total. The van der Waals surface area contributed by atoms with Crippen molar-refractivity contribution in [3.05, 3.63) is 53.8 Å². The van der Waals surface area contributed by atoms with Crippen molar-refractivity contribution in [1.29, 1.82) is 0 Å². The first-order chi connectivity index (χ1) is 13.8. The number of carbonyl (C=O) groups excluding carboxylic acids is 2. The van der Waals surface area contributed by atoms with Crippen molar-refractivity contribution in [2.45, 2.75) is 26.1 Å². The van der Waals surface area contributed by atoms with Crippen molar-refractivity contribution < 1.29 is 23.5 Å². The Morgan fingerprint density at radius 3 is 2.41 bits per heavy atom. The Bertz CT molecular complexity index is 878. The lowest BCUT2D eigenvalue weighted by atomic mass is 10.2. The van der Waals surface area contributed by atoms with Crippen molar-refractivity contribution >= 4 is 23.2 Å². The van der Waals surface area contributed by atoms with Crippen LogP contribution in [0.15, 0.2) is 42.5 Å². The van der Waals surface area contributed by atoms with Gasteiger partial charge >= 0.3 is 0 Å². The second-order valence-corrected chi connectivity index (χ2v) is 7.05. The van der Waals surface area contributed by atoms with E-state index < -0.39 is 17.6 Å². The molecule has 2 unspecified atom stereocenters. The molecule has 0 bridgehead atoms. The highest BCUT2D eigenvalue weighted by atomic mass is 19.1. The predicted octanol–water partition coefficient (Wildman–Crippen LogP) is 2.56. The van der Waals surface area contributed by atoms with Gasteiger partial charge in [-0.25, -0.2) is 4.39 Å². The molecule has 1 aliphatic heterocycles. The molecule has 2 aromatic rings. The molecule has 154 valence electrons. The first kappa shape index (κ1) is 20.6. The van der Waals surface area contributed by atoms with Gasteiger partial charge in [0.15, 0.2) is 6.61 Å². The number of hydrogen-bond acceptors (Lipinski definition) is 5. The van der Waals surface area contributed by atoms with Gasteiger partial charge in [-0.05, 0) is 56.3 Å². The number of primary amides is 1. The Balaban J connectivity index is 1.56. The summed E-state index contributed by atoms with van der Waals surface area (Å²) in [7, 11) is 0. The molecule has 3 rings (SSSR count). The van der Waals surface area contributed by atoms with Gasteiger partial charge in [0.2, 0.25) is 5.91 Å². The van der Waals surface area contributed by atoms with Crippen LogP contribution in [-0.2, 0) is 9.53 Å². The van der Waals surface area contributed by atoms with Crippen LogP contribution < -0.4 is 20.7 Å². The zero-order valence-corrected chi connectivity index (χ0v) is 16.4. The highest BCUT2D eigenvalue weighted by Gasteiger charge is 2.24. The van der Waals surface area contributed by atoms with E-state index in [0.29, 0.717) is 35.8 Å². The van der Waals surface area contributed by atoms with Gasteiger partial charge in [0.25, 0.3) is 5.91 Å². The summed E-state index contributed by atoms with van der Waals surface area (Å²) in [5.41, 5.74) is 6.35. The molecule has 2 atom stereocenters. The maximum absolute atomic E-state index is 14.6. The van der Waals surface area contributed by atoms with E-state index in [0.717, 1.165) is 0 Å². The van der Waals surface area contributed by atoms with Gasteiger partial charge in [-0.1, -0.05) is 0 Å². The fourth-order valence-corrected chi connectivity index (χ4v) is 3.28. The lowest BCUT2D eigenvalue weighted by molar-refractivity contribution is -0.118. The lowest BCUT2D eigenvalue weighted by Crippen LogP contribution is -2.45. The summed E-state index contributed by atoms with van der Waals surface area (Å²) in [6.07, 6.45) is 0.0402. The van der Waals surface area contributed by atoms with E-state index in [-0.39, 0.29) is 18.8 Å². The topological polar surface area (TPSA) is 93.9 Å². The molecule has 7 nitrogen and oxygen atoms in total. The van der Waals surface area contributed by atoms with Crippen LogP contribution in [0.4, 0.5) is 15.8 Å². The number of hydrogen-bond donors (Lipinski definition) is 2. The molecule has 0 radical (unpaired) electrons. The highest BCUT2D eigenvalue weighted by molar-refractivity contribution is 5.93. The fourth-order valence-electron chi connectivity index (χ4n) is 3.28. The summed E-state index contributed by atoms with van der Waals surface area (Å²) in [5.74, 6) is -0.959. The van der Waals surface area contributed by atoms with Crippen molar-refractivity contribution in [1.82, 2.24) is 0 Å². The molecule has 1 heterocycles. The van der Waals surface area contributed by atoms with Gasteiger partial charge in [0, 0.05) is 24.3 Å². The molecule has 0 saturated carbocycles. The van der Waals surface area contributed by atoms with Gasteiger partial charge in [-0.3, -0.25) is 9.59 Å². The van der Waals surface area contributed by atoms with Crippen LogP contribution in [0.5, 0.6) is 5.75 Å². The average molecular weight is 401 g/mol. The highest BCUT2D eigenvalue weighted by Crippen LogP contribution is 2.26. The second-order valence-electron chi connectivity index (χ2n) is 7.05. The Kier molecular flexibility index (Phi) is 6.33. The minimum Gasteiger partial charge on any atom is -0.484 e. The summed E-state index contributed by atoms with van der Waals surface area (Å²) in [6.45, 7) is 4.87. The molecule has 1 fully saturated rings. The third-order valence-electron chi connectivity index (χ3n) is 4.50. The average Bonchev–Trinajstić information content (AvgIpc) is 2.66. The quantitative estimate of drug-likeness (QED) is 0.776. The Labute approximate surface area is 168 Å². The third kappa shape index (κ3) is 5.45. The molecule has 29 heavy (non-hydrogen) atoms. The van der Waals surface area contributed by atoms with Crippen molar-refractivity contribution in [2.75, 3.05) is 29.9 Å². The zero-order valence-electron chi connectivity index (χ0n) is 16.4. The SMILES string of the molecule is CC1CN(c2ccc(NC(=O)COc3ccc(C(N)=O)cc3)cc2F)CC(C)O1. The zero-order chi connectivity index (χ0) is 21.0. The van der Waals surface area contributed by atoms with Gasteiger partial charge in [0.05, 0.1) is 17.9 Å². The molecular formula is C21H24FN3O4. The number of rotatable bonds is 6. The number of carbonyl (C=O) groups is 2. The van der Waals surface area contributed by atoms with E-state index in [9.17, 15) is 14.0 Å². The Morgan fingerprint density at radius 2 is 1.83 bits per heavy atom. The number of amides is 2. The Morgan fingerprint density at radius 1 is 1.17 bits per heavy atom. The van der Waals surface area contributed by atoms with Gasteiger partial charge in [0.1, 0.15) is 11.6 Å². The van der Waals surface area contributed by atoms with Crippen LogP contribution in [-0.4, -0.2) is 43.7 Å². The number of ether oxygens (including phenoxy) is 2. The van der Waals surface area contributed by atoms with Crippen LogP contribution >= 0.6 is 0 Å². The predicted molar refractivity (Wildman–Crippen MR) is 108 cm³/mol. The number of morpholine rings is 1. The molecule has 1 aliphatic rings. The van der Waals surface area contributed by atoms with Gasteiger partial charge in [-0.15, -0.1) is 0 Å². The molecule has 1 saturated heterocycles. The number of nitrogens with one attached hydrogen (secondary N) is 1. The van der Waals surface area contributed by atoms with E-state index in [4.69, 9.17) is 15.2 Å². The minimum atomic E-state index is -0.541. The molecule has 2 amide bonds. The van der Waals surface area contributed by atoms with Gasteiger partial charge in [-0.2, -0.15) is 0 Å². The Hall–Kier alpha value is -3.13. The third-order valence-corrected chi connectivity index (χ3v) is 4.50. The van der Waals surface area contributed by atoms with Crippen LogP contribution in [0.2, 0.25) is 0 Å². The normalized spacial score (nSPS) is 18.9. The number of halogens is 1. The lowest BCUT2D eigenvalue weighted by Gasteiger charge is -2.37. The largest absolute Gasteiger partial charge is 0.484 e. The molecule has 8 heteroatoms. The number of nitrogens with zero attached hydrogens (tertiary/aromatic N) is 1. The maximum atomic E-state index is 14.6. The van der Waals surface area contributed by atoms with Crippen molar-refractivity contribution in [2.24, 2.45) is 5.73 Å². The first-order valence-electron chi connectivity index (χ1n) is 9.34. The maximum Gasteiger partial charge on any atom is 0.262 e. The van der Waals surface area contributed by atoms with Crippen molar-refractivity contribution in [3.63, 3.8) is 0 Å². The molecular weight excluding hydrogens is 377 g/mol. The number of nitrogens with two attached hydrogens (primary N) is 1. The van der Waals surface area contributed by atoms with Gasteiger partial charge < -0.3 is 25.4 Å². The van der Waals surface area contributed by atoms with Crippen LogP contribution in [0, 0.1) is 5.82 Å². The number of anilines is 2. The molecule has 0 aromatic heterocycles. The number of benzene rings is 2. The van der Waals surface area contributed by atoms with Crippen LogP contribution in [0.25, 0.3) is 0 Å². The fraction of sp³-hybridized carbons (Fsp3) is 0.333. The van der Waals surface area contributed by atoms with E-state index in [1.54, 1.807) is 24.3 Å². The summed E-state index contributed by atoms with van der Waals surface area (Å²) in [6, 6.07) is 10.7. The van der Waals surface area contributed by atoms with Crippen molar-refractivity contribution in [3.8, 4) is 5.75 Å². The van der Waals surface area contributed by atoms with E-state index >= 15 is 0 Å². The van der Waals surface area contributed by atoms with Crippen LogP contribution in [0.1, 0.15) is 24.2 Å². The minimum absolute atomic E-state index is 0.0201. The summed E-state index contributed by atoms with van der Waals surface area (Å²) >= 11 is 0. The first-order valence-corrected chi connectivity index (χ1v) is 9.34.